The molecule has 35 heavy (non-hydrogen) atoms. The van der Waals surface area contributed by atoms with E-state index in [0.717, 1.165) is 24.0 Å². The second-order valence-electron chi connectivity index (χ2n) is 7.91. The van der Waals surface area contributed by atoms with E-state index in [1.54, 1.807) is 60.9 Å². The summed E-state index contributed by atoms with van der Waals surface area (Å²) in [5.74, 6) is -1.03. The predicted molar refractivity (Wildman–Crippen MR) is 142 cm³/mol. The van der Waals surface area contributed by atoms with Crippen LogP contribution in [0.3, 0.4) is 0 Å². The average Bonchev–Trinajstić information content (AvgIpc) is 2.84. The molecule has 188 valence electrons. The first-order valence-corrected chi connectivity index (χ1v) is 11.1. The highest BCUT2D eigenvalue weighted by Crippen LogP contribution is 2.23. The lowest BCUT2D eigenvalue weighted by Crippen LogP contribution is -2.35. The van der Waals surface area contributed by atoms with Gasteiger partial charge in [-0.1, -0.05) is 44.0 Å². The fraction of sp³-hybridized carbons (Fsp3) is 0.269. The molecular weight excluding hydrogens is 490 g/mol. The molecule has 2 atom stereocenters. The third-order valence-electron chi connectivity index (χ3n) is 5.47. The quantitative estimate of drug-likeness (QED) is 0.333. The van der Waals surface area contributed by atoms with Crippen LogP contribution in [0.15, 0.2) is 73.1 Å². The lowest BCUT2D eigenvalue weighted by atomic mass is 9.92. The van der Waals surface area contributed by atoms with Crippen molar-refractivity contribution in [3.05, 3.63) is 95.6 Å². The molecule has 0 saturated heterocycles. The molecule has 2 aromatic carbocycles. The minimum atomic E-state index is -0.425. The maximum absolute atomic E-state index is 13.3. The Morgan fingerprint density at radius 1 is 0.943 bits per heavy atom. The van der Waals surface area contributed by atoms with Gasteiger partial charge in [-0.25, -0.2) is 4.39 Å². The number of nitrogens with zero attached hydrogens (tertiary/aromatic N) is 1. The number of anilines is 1. The summed E-state index contributed by atoms with van der Waals surface area (Å²) >= 11 is 0. The number of carbonyl (C=O) groups excluding carboxylic acids is 2. The lowest BCUT2D eigenvalue weighted by Gasteiger charge is -2.19. The Labute approximate surface area is 217 Å². The summed E-state index contributed by atoms with van der Waals surface area (Å²) in [6.45, 7) is 2.32. The van der Waals surface area contributed by atoms with E-state index < -0.39 is 6.04 Å². The van der Waals surface area contributed by atoms with Crippen molar-refractivity contribution in [3.8, 4) is 0 Å². The van der Waals surface area contributed by atoms with E-state index in [2.05, 4.69) is 22.5 Å². The number of rotatable bonds is 10. The molecule has 3 rings (SSSR count). The summed E-state index contributed by atoms with van der Waals surface area (Å²) in [4.78, 5) is 29.2. The van der Waals surface area contributed by atoms with Gasteiger partial charge >= 0.3 is 0 Å². The number of halogens is 3. The largest absolute Gasteiger partial charge is 0.354 e. The molecule has 4 N–H and O–H groups in total. The molecule has 6 nitrogen and oxygen atoms in total. The van der Waals surface area contributed by atoms with Gasteiger partial charge in [0.2, 0.25) is 5.91 Å². The summed E-state index contributed by atoms with van der Waals surface area (Å²) in [7, 11) is 0. The van der Waals surface area contributed by atoms with Gasteiger partial charge in [0.1, 0.15) is 5.82 Å². The highest BCUT2D eigenvalue weighted by atomic mass is 35.5. The van der Waals surface area contributed by atoms with Crippen LogP contribution in [0.1, 0.15) is 59.6 Å². The van der Waals surface area contributed by atoms with Crippen LogP contribution in [0.4, 0.5) is 10.1 Å². The minimum Gasteiger partial charge on any atom is -0.354 e. The topological polar surface area (TPSA) is 97.1 Å². The molecule has 0 bridgehead atoms. The molecule has 0 fully saturated rings. The number of hydrogen-bond donors (Lipinski definition) is 3. The Bertz CT molecular complexity index is 1050. The molecule has 1 unspecified atom stereocenters. The van der Waals surface area contributed by atoms with Gasteiger partial charge in [0, 0.05) is 36.2 Å². The Hall–Kier alpha value is -3.00. The second kappa shape index (κ2) is 15.1. The fourth-order valence-corrected chi connectivity index (χ4v) is 3.52. The molecule has 0 aliphatic carbocycles. The van der Waals surface area contributed by atoms with Gasteiger partial charge in [0.05, 0.1) is 5.92 Å². The van der Waals surface area contributed by atoms with Crippen LogP contribution in [0, 0.1) is 5.82 Å². The van der Waals surface area contributed by atoms with E-state index >= 15 is 0 Å². The highest BCUT2D eigenvalue weighted by Gasteiger charge is 2.21. The van der Waals surface area contributed by atoms with Crippen molar-refractivity contribution in [3.63, 3.8) is 0 Å². The summed E-state index contributed by atoms with van der Waals surface area (Å²) in [5, 5.41) is 5.73. The molecular formula is C26H31Cl2FN4O2. The summed E-state index contributed by atoms with van der Waals surface area (Å²) in [6, 6.07) is 16.0. The maximum Gasteiger partial charge on any atom is 0.255 e. The van der Waals surface area contributed by atoms with Crippen LogP contribution in [-0.2, 0) is 4.79 Å². The molecule has 0 spiro atoms. The second-order valence-corrected chi connectivity index (χ2v) is 7.91. The zero-order valence-electron chi connectivity index (χ0n) is 19.4. The van der Waals surface area contributed by atoms with Crippen molar-refractivity contribution in [2.75, 3.05) is 11.9 Å². The molecule has 0 aliphatic rings. The third-order valence-corrected chi connectivity index (χ3v) is 5.47. The molecule has 0 saturated carbocycles. The number of nitrogens with one attached hydrogen (secondary N) is 2. The third kappa shape index (κ3) is 8.94. The predicted octanol–water partition coefficient (Wildman–Crippen LogP) is 5.41. The number of hydrogen-bond acceptors (Lipinski definition) is 4. The van der Waals surface area contributed by atoms with Gasteiger partial charge in [-0.3, -0.25) is 14.6 Å². The Morgan fingerprint density at radius 2 is 1.54 bits per heavy atom. The number of aromatic nitrogens is 1. The van der Waals surface area contributed by atoms with Crippen LogP contribution in [-0.4, -0.2) is 23.3 Å². The first kappa shape index (κ1) is 30.0. The Balaban J connectivity index is 0.00000306. The van der Waals surface area contributed by atoms with Crippen LogP contribution < -0.4 is 16.4 Å². The maximum atomic E-state index is 13.3. The highest BCUT2D eigenvalue weighted by molar-refractivity contribution is 6.04. The van der Waals surface area contributed by atoms with E-state index in [0.29, 0.717) is 17.7 Å². The number of nitrogens with two attached hydrogens (primary N) is 1. The van der Waals surface area contributed by atoms with Crippen molar-refractivity contribution < 1.29 is 14.0 Å². The molecule has 3 aromatic rings. The Morgan fingerprint density at radius 3 is 2.14 bits per heavy atom. The number of unbranched alkanes of at least 4 members (excludes halogenated alkanes) is 1. The van der Waals surface area contributed by atoms with Crippen LogP contribution >= 0.6 is 24.8 Å². The summed E-state index contributed by atoms with van der Waals surface area (Å²) in [5.41, 5.74) is 9.05. The normalized spacial score (nSPS) is 11.9. The van der Waals surface area contributed by atoms with Gasteiger partial charge in [0.25, 0.3) is 5.91 Å². The number of pyridine rings is 1. The number of carbonyl (C=O) groups is 2. The van der Waals surface area contributed by atoms with E-state index in [4.69, 9.17) is 5.73 Å². The van der Waals surface area contributed by atoms with Crippen LogP contribution in [0.2, 0.25) is 0 Å². The van der Waals surface area contributed by atoms with Crippen molar-refractivity contribution >= 4 is 42.3 Å². The Kier molecular flexibility index (Phi) is 12.9. The van der Waals surface area contributed by atoms with E-state index in [1.165, 1.54) is 12.1 Å². The number of amides is 2. The summed E-state index contributed by atoms with van der Waals surface area (Å²) < 4.78 is 13.3. The first-order valence-electron chi connectivity index (χ1n) is 11.1. The lowest BCUT2D eigenvalue weighted by molar-refractivity contribution is -0.122. The molecule has 9 heteroatoms. The first-order chi connectivity index (χ1) is 16.0. The van der Waals surface area contributed by atoms with Crippen molar-refractivity contribution in [1.29, 1.82) is 0 Å². The van der Waals surface area contributed by atoms with Crippen molar-refractivity contribution in [2.24, 2.45) is 5.73 Å². The molecule has 1 heterocycles. The van der Waals surface area contributed by atoms with E-state index in [9.17, 15) is 14.0 Å². The van der Waals surface area contributed by atoms with E-state index in [-0.39, 0.29) is 54.9 Å². The molecule has 1 aromatic heterocycles. The monoisotopic (exact) mass is 520 g/mol. The van der Waals surface area contributed by atoms with Gasteiger partial charge < -0.3 is 16.4 Å². The molecule has 2 amide bonds. The SMILES string of the molecule is CCCCC(C(=O)NC[C@H](N)c1ccc(C(=O)Nc2ccncc2)cc1)c1ccc(F)cc1.Cl.Cl. The van der Waals surface area contributed by atoms with Crippen molar-refractivity contribution in [2.45, 2.75) is 38.1 Å². The fourth-order valence-electron chi connectivity index (χ4n) is 3.52. The van der Waals surface area contributed by atoms with E-state index in [1.807, 2.05) is 0 Å². The molecule has 0 aliphatic heterocycles. The van der Waals surface area contributed by atoms with Gasteiger partial charge in [0.15, 0.2) is 0 Å². The number of benzene rings is 2. The van der Waals surface area contributed by atoms with Crippen LogP contribution in [0.25, 0.3) is 0 Å². The summed E-state index contributed by atoms with van der Waals surface area (Å²) in [6.07, 6.45) is 5.75. The van der Waals surface area contributed by atoms with Gasteiger partial charge in [-0.2, -0.15) is 0 Å². The average molecular weight is 521 g/mol. The zero-order chi connectivity index (χ0) is 23.6. The van der Waals surface area contributed by atoms with Gasteiger partial charge in [-0.05, 0) is 53.9 Å². The minimum absolute atomic E-state index is 0. The van der Waals surface area contributed by atoms with Crippen LogP contribution in [0.5, 0.6) is 0 Å². The molecule has 0 radical (unpaired) electrons. The van der Waals surface area contributed by atoms with Crippen molar-refractivity contribution in [1.82, 2.24) is 10.3 Å². The standard InChI is InChI=1S/C26H29FN4O2.2ClH/c1-2-3-4-23(18-9-11-21(27)12-10-18)26(33)30-17-24(28)19-5-7-20(8-6-19)25(32)31-22-13-15-29-16-14-22;;/h5-16,23-24H,2-4,17,28H2,1H3,(H,30,33)(H,29,31,32);2*1H/t23?,24-;;/m0../s1. The smallest absolute Gasteiger partial charge is 0.255 e. The van der Waals surface area contributed by atoms with Gasteiger partial charge in [-0.15, -0.1) is 24.8 Å². The zero-order valence-corrected chi connectivity index (χ0v) is 21.1.